The molecule has 1 aromatic heterocycles. The van der Waals surface area contributed by atoms with Crippen molar-refractivity contribution in [3.8, 4) is 5.69 Å². The number of hydrogen-bond acceptors (Lipinski definition) is 2. The first kappa shape index (κ1) is 14.1. The van der Waals surface area contributed by atoms with Crippen LogP contribution in [0.1, 0.15) is 54.1 Å². The normalized spacial score (nSPS) is 16.0. The van der Waals surface area contributed by atoms with Crippen LogP contribution in [0.15, 0.2) is 30.5 Å². The number of nitrogens with zero attached hydrogens (tertiary/aromatic N) is 2. The second kappa shape index (κ2) is 5.90. The van der Waals surface area contributed by atoms with Crippen molar-refractivity contribution in [2.24, 2.45) is 0 Å². The van der Waals surface area contributed by atoms with E-state index < -0.39 is 5.97 Å². The molecular formula is C16H17ClN2O2. The van der Waals surface area contributed by atoms with Crippen molar-refractivity contribution in [1.29, 1.82) is 0 Å². The first-order valence-electron chi connectivity index (χ1n) is 7.24. The lowest BCUT2D eigenvalue weighted by Crippen LogP contribution is -2.10. The van der Waals surface area contributed by atoms with Gasteiger partial charge in [0.05, 0.1) is 11.4 Å². The van der Waals surface area contributed by atoms with E-state index in [1.807, 2.05) is 12.1 Å². The third-order valence-electron chi connectivity index (χ3n) is 4.06. The van der Waals surface area contributed by atoms with E-state index in [-0.39, 0.29) is 5.92 Å². The van der Waals surface area contributed by atoms with E-state index in [1.54, 1.807) is 23.0 Å². The van der Waals surface area contributed by atoms with E-state index in [0.717, 1.165) is 37.1 Å². The van der Waals surface area contributed by atoms with Gasteiger partial charge in [-0.25, -0.2) is 9.48 Å². The zero-order valence-corrected chi connectivity index (χ0v) is 12.4. The summed E-state index contributed by atoms with van der Waals surface area (Å²) in [5.41, 5.74) is 1.86. The second-order valence-electron chi connectivity index (χ2n) is 5.49. The smallest absolute Gasteiger partial charge is 0.339 e. The van der Waals surface area contributed by atoms with Crippen molar-refractivity contribution in [3.05, 3.63) is 46.7 Å². The number of carbonyl (C=O) groups is 1. The topological polar surface area (TPSA) is 55.1 Å². The van der Waals surface area contributed by atoms with Crippen molar-refractivity contribution in [2.45, 2.75) is 38.0 Å². The molecule has 1 saturated carbocycles. The van der Waals surface area contributed by atoms with Crippen molar-refractivity contribution in [3.63, 3.8) is 0 Å². The Labute approximate surface area is 128 Å². The summed E-state index contributed by atoms with van der Waals surface area (Å²) in [5, 5.41) is 14.6. The van der Waals surface area contributed by atoms with Gasteiger partial charge in [-0.1, -0.05) is 30.9 Å². The maximum Gasteiger partial charge on any atom is 0.339 e. The maximum atomic E-state index is 11.5. The lowest BCUT2D eigenvalue weighted by molar-refractivity contribution is 0.0694. The van der Waals surface area contributed by atoms with E-state index >= 15 is 0 Å². The van der Waals surface area contributed by atoms with Gasteiger partial charge in [0.15, 0.2) is 0 Å². The van der Waals surface area contributed by atoms with Crippen LogP contribution in [0.4, 0.5) is 0 Å². The fourth-order valence-electron chi connectivity index (χ4n) is 2.96. The number of benzene rings is 1. The van der Waals surface area contributed by atoms with Gasteiger partial charge < -0.3 is 5.11 Å². The summed E-state index contributed by atoms with van der Waals surface area (Å²) in [7, 11) is 0. The molecule has 5 heteroatoms. The van der Waals surface area contributed by atoms with E-state index in [1.165, 1.54) is 6.42 Å². The molecule has 0 saturated heterocycles. The minimum absolute atomic E-state index is 0.262. The number of carboxylic acids is 1. The van der Waals surface area contributed by atoms with Gasteiger partial charge in [-0.05, 0) is 37.1 Å². The number of aromatic nitrogens is 2. The van der Waals surface area contributed by atoms with Crippen LogP contribution in [-0.4, -0.2) is 20.9 Å². The van der Waals surface area contributed by atoms with Gasteiger partial charge in [-0.15, -0.1) is 0 Å². The minimum Gasteiger partial charge on any atom is -0.478 e. The molecule has 1 fully saturated rings. The highest BCUT2D eigenvalue weighted by Crippen LogP contribution is 2.34. The van der Waals surface area contributed by atoms with Crippen LogP contribution in [0, 0.1) is 0 Å². The van der Waals surface area contributed by atoms with Gasteiger partial charge in [-0.2, -0.15) is 5.10 Å². The molecule has 1 N–H and O–H groups in total. The Balaban J connectivity index is 1.99. The van der Waals surface area contributed by atoms with Gasteiger partial charge >= 0.3 is 5.97 Å². The first-order valence-corrected chi connectivity index (χ1v) is 7.62. The summed E-state index contributed by atoms with van der Waals surface area (Å²) >= 11 is 5.88. The molecule has 0 bridgehead atoms. The summed E-state index contributed by atoms with van der Waals surface area (Å²) in [4.78, 5) is 11.5. The van der Waals surface area contributed by atoms with Crippen LogP contribution < -0.4 is 0 Å². The predicted octanol–water partition coefficient (Wildman–Crippen LogP) is 4.27. The second-order valence-corrected chi connectivity index (χ2v) is 5.93. The van der Waals surface area contributed by atoms with Crippen LogP contribution in [0.5, 0.6) is 0 Å². The standard InChI is InChI=1S/C16H17ClN2O2/c17-12-6-8-13(9-7-12)19-10-14(16(20)21)15(18-19)11-4-2-1-3-5-11/h6-11H,1-5H2,(H,20,21). The number of halogens is 1. The molecule has 1 aliphatic carbocycles. The Kier molecular flexibility index (Phi) is 3.97. The monoisotopic (exact) mass is 304 g/mol. The average Bonchev–Trinajstić information content (AvgIpc) is 2.94. The summed E-state index contributed by atoms with van der Waals surface area (Å²) in [6, 6.07) is 7.23. The van der Waals surface area contributed by atoms with Crippen molar-refractivity contribution in [2.75, 3.05) is 0 Å². The number of rotatable bonds is 3. The van der Waals surface area contributed by atoms with Crippen LogP contribution in [0.3, 0.4) is 0 Å². The Morgan fingerprint density at radius 1 is 1.19 bits per heavy atom. The lowest BCUT2D eigenvalue weighted by atomic mass is 9.85. The number of hydrogen-bond donors (Lipinski definition) is 1. The molecule has 0 amide bonds. The van der Waals surface area contributed by atoms with E-state index in [4.69, 9.17) is 11.6 Å². The quantitative estimate of drug-likeness (QED) is 0.921. The number of aromatic carboxylic acids is 1. The molecule has 2 aromatic rings. The molecule has 0 spiro atoms. The van der Waals surface area contributed by atoms with Crippen molar-refractivity contribution in [1.82, 2.24) is 9.78 Å². The average molecular weight is 305 g/mol. The van der Waals surface area contributed by atoms with Gasteiger partial charge in [-0.3, -0.25) is 0 Å². The van der Waals surface area contributed by atoms with Crippen LogP contribution in [-0.2, 0) is 0 Å². The molecule has 110 valence electrons. The highest BCUT2D eigenvalue weighted by molar-refractivity contribution is 6.30. The summed E-state index contributed by atoms with van der Waals surface area (Å²) in [5.74, 6) is -0.644. The Morgan fingerprint density at radius 3 is 2.48 bits per heavy atom. The van der Waals surface area contributed by atoms with Gasteiger partial charge in [0.2, 0.25) is 0 Å². The zero-order chi connectivity index (χ0) is 14.8. The zero-order valence-electron chi connectivity index (χ0n) is 11.6. The van der Waals surface area contributed by atoms with E-state index in [2.05, 4.69) is 5.10 Å². The fraction of sp³-hybridized carbons (Fsp3) is 0.375. The molecule has 0 radical (unpaired) electrons. The molecule has 1 aromatic carbocycles. The highest BCUT2D eigenvalue weighted by atomic mass is 35.5. The predicted molar refractivity (Wildman–Crippen MR) is 81.4 cm³/mol. The lowest BCUT2D eigenvalue weighted by Gasteiger charge is -2.20. The van der Waals surface area contributed by atoms with Gasteiger partial charge in [0.1, 0.15) is 5.56 Å². The summed E-state index contributed by atoms with van der Waals surface area (Å²) < 4.78 is 1.64. The Morgan fingerprint density at radius 2 is 1.86 bits per heavy atom. The molecule has 0 aliphatic heterocycles. The Bertz CT molecular complexity index is 643. The van der Waals surface area contributed by atoms with Crippen molar-refractivity contribution >= 4 is 17.6 Å². The van der Waals surface area contributed by atoms with E-state index in [9.17, 15) is 9.90 Å². The highest BCUT2D eigenvalue weighted by Gasteiger charge is 2.25. The van der Waals surface area contributed by atoms with Crippen LogP contribution in [0.2, 0.25) is 5.02 Å². The third kappa shape index (κ3) is 2.95. The Hall–Kier alpha value is -1.81. The molecular weight excluding hydrogens is 288 g/mol. The molecule has 1 aliphatic rings. The van der Waals surface area contributed by atoms with Crippen LogP contribution in [0.25, 0.3) is 5.69 Å². The summed E-state index contributed by atoms with van der Waals surface area (Å²) in [6.07, 6.45) is 7.19. The molecule has 21 heavy (non-hydrogen) atoms. The first-order chi connectivity index (χ1) is 10.1. The van der Waals surface area contributed by atoms with Crippen molar-refractivity contribution < 1.29 is 9.90 Å². The fourth-order valence-corrected chi connectivity index (χ4v) is 3.08. The van der Waals surface area contributed by atoms with Gasteiger partial charge in [0.25, 0.3) is 0 Å². The van der Waals surface area contributed by atoms with Gasteiger partial charge in [0, 0.05) is 17.1 Å². The SMILES string of the molecule is O=C(O)c1cn(-c2ccc(Cl)cc2)nc1C1CCCCC1. The molecule has 1 heterocycles. The third-order valence-corrected chi connectivity index (χ3v) is 4.31. The molecule has 4 nitrogen and oxygen atoms in total. The maximum absolute atomic E-state index is 11.5. The number of carboxylic acid groups (broad SMARTS) is 1. The molecule has 0 unspecified atom stereocenters. The minimum atomic E-state index is -0.907. The molecule has 3 rings (SSSR count). The van der Waals surface area contributed by atoms with E-state index in [0.29, 0.717) is 10.6 Å². The largest absolute Gasteiger partial charge is 0.478 e. The van der Waals surface area contributed by atoms with Crippen LogP contribution >= 0.6 is 11.6 Å². The summed E-state index contributed by atoms with van der Waals surface area (Å²) in [6.45, 7) is 0. The molecule has 0 atom stereocenters.